The number of carboxylic acid groups (broad SMARTS) is 3. The molecule has 0 unspecified atom stereocenters. The zero-order valence-corrected chi connectivity index (χ0v) is 36.5. The minimum atomic E-state index is -2.65. The number of carbonyl (C=O) groups is 12. The number of hydrogen-bond donors (Lipinski definition) is 14. The second-order valence-corrected chi connectivity index (χ2v) is 11.5. The summed E-state index contributed by atoms with van der Waals surface area (Å²) < 4.78 is 37.8. The molecule has 36 nitrogen and oxygen atoms in total. The second-order valence-electron chi connectivity index (χ2n) is 11.5. The zero-order valence-electron chi connectivity index (χ0n) is 36.5. The van der Waals surface area contributed by atoms with Crippen LogP contribution in [0.1, 0.15) is 20.3 Å². The third-order valence-corrected chi connectivity index (χ3v) is 6.02. The Morgan fingerprint density at radius 2 is 0.563 bits per heavy atom. The second kappa shape index (κ2) is 52.5. The number of esters is 3. The lowest BCUT2D eigenvalue weighted by Crippen LogP contribution is -2.48. The van der Waals surface area contributed by atoms with Crippen molar-refractivity contribution < 1.29 is 177 Å². The highest BCUT2D eigenvalue weighted by Crippen LogP contribution is 2.18. The van der Waals surface area contributed by atoms with Gasteiger partial charge in [0.05, 0.1) is 59.1 Å². The van der Waals surface area contributed by atoms with Crippen molar-refractivity contribution in [2.75, 3.05) is 106 Å². The number of aliphatic hydroxyl groups excluding tert-OH is 7. The van der Waals surface area contributed by atoms with E-state index in [9.17, 15) is 78.0 Å². The molecule has 0 heterocycles. The van der Waals surface area contributed by atoms with Crippen molar-refractivity contribution in [1.29, 1.82) is 0 Å². The highest BCUT2D eigenvalue weighted by atomic mass is 16.6. The third-order valence-electron chi connectivity index (χ3n) is 6.02. The molecule has 0 aliphatic heterocycles. The number of rotatable bonds is 34. The van der Waals surface area contributed by atoms with Gasteiger partial charge in [0.25, 0.3) is 38.8 Å². The van der Waals surface area contributed by atoms with Crippen molar-refractivity contribution in [2.45, 2.75) is 42.7 Å². The molecule has 0 radical (unpaired) electrons. The molecule has 418 valence electrons. The Bertz CT molecular complexity index is 1330. The summed E-state index contributed by atoms with van der Waals surface area (Å²) in [6, 6.07) is 0. The maximum Gasteiger partial charge on any atom is 0.345 e. The molecule has 0 aromatic carbocycles. The first-order chi connectivity index (χ1) is 32.4. The molecule has 0 aliphatic carbocycles. The van der Waals surface area contributed by atoms with E-state index < -0.39 is 131 Å². The number of carboxylic acids is 3. The van der Waals surface area contributed by atoms with Gasteiger partial charge in [-0.05, 0) is 0 Å². The number of aliphatic carboxylic acids is 3. The van der Waals surface area contributed by atoms with Crippen LogP contribution in [0.2, 0.25) is 0 Å². The van der Waals surface area contributed by atoms with Crippen LogP contribution in [-0.4, -0.2) is 280 Å². The van der Waals surface area contributed by atoms with Crippen LogP contribution in [-0.2, 0) is 100 Å². The lowest BCUT2D eigenvalue weighted by Gasteiger charge is -2.23. The van der Waals surface area contributed by atoms with E-state index in [0.29, 0.717) is 0 Å². The molecule has 0 saturated carbocycles. The van der Waals surface area contributed by atoms with Crippen molar-refractivity contribution in [2.24, 2.45) is 0 Å². The Morgan fingerprint density at radius 3 is 0.746 bits per heavy atom. The monoisotopic (exact) mass is 1060 g/mol. The van der Waals surface area contributed by atoms with Crippen molar-refractivity contribution in [1.82, 2.24) is 0 Å². The van der Waals surface area contributed by atoms with Crippen LogP contribution >= 0.6 is 0 Å². The molecule has 0 aliphatic rings. The van der Waals surface area contributed by atoms with Gasteiger partial charge in [0, 0.05) is 0 Å². The Kier molecular flexibility index (Phi) is 60.0. The predicted octanol–water partition coefficient (Wildman–Crippen LogP) is -10.7. The number of hydrogen-bond acceptors (Lipinski definition) is 32. The van der Waals surface area contributed by atoms with Gasteiger partial charge in [0.15, 0.2) is 5.60 Å². The van der Waals surface area contributed by atoms with Crippen LogP contribution < -0.4 is 0 Å². The minimum Gasteiger partial charge on any atom is -0.479 e. The van der Waals surface area contributed by atoms with Gasteiger partial charge in [-0.1, -0.05) is 7.43 Å². The summed E-state index contributed by atoms with van der Waals surface area (Å²) in [5, 5.41) is 119. The molecule has 0 amide bonds. The molecule has 0 rings (SSSR count). The van der Waals surface area contributed by atoms with Gasteiger partial charge in [-0.3, -0.25) is 38.4 Å². The molecule has 36 heteroatoms. The molecule has 0 saturated heterocycles. The van der Waals surface area contributed by atoms with Gasteiger partial charge in [-0.15, -0.1) is 0 Å². The number of carbonyl (C=O) groups excluding carboxylic acids is 9. The lowest BCUT2D eigenvalue weighted by atomic mass is 9.96. The van der Waals surface area contributed by atoms with E-state index in [1.807, 2.05) is 0 Å². The van der Waals surface area contributed by atoms with Gasteiger partial charge in [0.2, 0.25) is 16.8 Å². The van der Waals surface area contributed by atoms with Crippen molar-refractivity contribution in [3.63, 3.8) is 0 Å². The smallest absolute Gasteiger partial charge is 0.345 e. The highest BCUT2D eigenvalue weighted by Gasteiger charge is 2.43. The van der Waals surface area contributed by atoms with Crippen molar-refractivity contribution >= 4 is 74.6 Å². The Hall–Kier alpha value is -6.84. The van der Waals surface area contributed by atoms with E-state index in [4.69, 9.17) is 51.1 Å². The average molecular weight is 1060 g/mol. The van der Waals surface area contributed by atoms with Crippen LogP contribution in [0.25, 0.3) is 0 Å². The topological polar surface area (TPSA) is 603 Å². The molecular formula is C35H62O36. The van der Waals surface area contributed by atoms with Gasteiger partial charge in [-0.25, -0.2) is 19.2 Å². The molecular weight excluding hydrogens is 996 g/mol. The molecule has 0 spiro atoms. The van der Waals surface area contributed by atoms with Crippen LogP contribution in [0.4, 0.5) is 0 Å². The van der Waals surface area contributed by atoms with Crippen LogP contribution in [0.15, 0.2) is 0 Å². The van der Waals surface area contributed by atoms with Gasteiger partial charge < -0.3 is 120 Å². The summed E-state index contributed by atoms with van der Waals surface area (Å²) in [6.45, 7) is -7.42. The first-order valence-corrected chi connectivity index (χ1v) is 18.1. The molecule has 0 aromatic heterocycles. The molecule has 0 fully saturated rings. The number of aliphatic hydroxyl groups is 11. The maximum absolute atomic E-state index is 11.3. The van der Waals surface area contributed by atoms with E-state index in [1.54, 1.807) is 0 Å². The largest absolute Gasteiger partial charge is 0.479 e. The van der Waals surface area contributed by atoms with E-state index in [2.05, 4.69) is 42.6 Å². The molecule has 71 heavy (non-hydrogen) atoms. The molecule has 0 bridgehead atoms. The number of ether oxygens (including phenoxy) is 9. The third kappa shape index (κ3) is 46.7. The zero-order chi connectivity index (χ0) is 54.8. The van der Waals surface area contributed by atoms with Crippen molar-refractivity contribution in [3.05, 3.63) is 0 Å². The van der Waals surface area contributed by atoms with E-state index in [0.717, 1.165) is 0 Å². The first-order valence-electron chi connectivity index (χ1n) is 18.1. The summed E-state index contributed by atoms with van der Waals surface area (Å²) >= 11 is 0. The maximum atomic E-state index is 11.3. The standard InChI is InChI=1S/C10H16O9.C8H12O8.2C6H8O7.2C2H6O2.CH4.H2O/c11-1-3-18-7(13)5-10(17,9(15)16)6-8(14)19-4-2-12;9-1-2-16-7(12)8(13,3-14-5-10)4-15-6-11;2*7-3-12-1-6(11,5(9)10)2-13-4-8;2*3-1-2-4;;/h11-12,17H,1-6H2,(H,15,16);5-6,9,13H,1-4H2;2*3-4,11H,1-2H2,(H,9,10);2*3-4H,1-2H2;1H4;1H2. The van der Waals surface area contributed by atoms with E-state index >= 15 is 0 Å². The van der Waals surface area contributed by atoms with Gasteiger partial charge >= 0.3 is 35.8 Å². The molecule has 0 atom stereocenters. The fourth-order valence-corrected chi connectivity index (χ4v) is 2.91. The molecule has 16 N–H and O–H groups in total. The summed E-state index contributed by atoms with van der Waals surface area (Å²) in [4.78, 5) is 124. The SMILES string of the molecule is C.O.O=C(CC(O)(CC(=O)OCCO)C(=O)O)OCCO.O=COCC(O)(COC=O)C(=O)O.O=COCC(O)(COC=O)C(=O)O.O=COCC(O)(COC=O)C(=O)OCCO.OCCO.OCCO. The van der Waals surface area contributed by atoms with Crippen LogP contribution in [0.3, 0.4) is 0 Å². The lowest BCUT2D eigenvalue weighted by molar-refractivity contribution is -0.181. The summed E-state index contributed by atoms with van der Waals surface area (Å²) in [7, 11) is 0. The molecule has 0 aromatic rings. The average Bonchev–Trinajstić information content (AvgIpc) is 3.33. The van der Waals surface area contributed by atoms with Crippen LogP contribution in [0, 0.1) is 0 Å². The fourth-order valence-electron chi connectivity index (χ4n) is 2.91. The van der Waals surface area contributed by atoms with Gasteiger partial charge in [-0.2, -0.15) is 0 Å². The van der Waals surface area contributed by atoms with Crippen LogP contribution in [0.5, 0.6) is 0 Å². The normalized spacial score (nSPS) is 9.85. The summed E-state index contributed by atoms with van der Waals surface area (Å²) in [5.41, 5.74) is -9.69. The highest BCUT2D eigenvalue weighted by molar-refractivity contribution is 5.89. The van der Waals surface area contributed by atoms with Crippen molar-refractivity contribution in [3.8, 4) is 0 Å². The Morgan fingerprint density at radius 1 is 0.352 bits per heavy atom. The van der Waals surface area contributed by atoms with Gasteiger partial charge in [0.1, 0.15) is 59.5 Å². The Labute approximate surface area is 400 Å². The first kappa shape index (κ1) is 81.2. The fraction of sp³-hybridized carbons (Fsp3) is 0.657. The quantitative estimate of drug-likeness (QED) is 0.0162. The summed E-state index contributed by atoms with van der Waals surface area (Å²) in [5.74, 6) is -8.38. The summed E-state index contributed by atoms with van der Waals surface area (Å²) in [6.07, 6.45) is -1.92. The predicted molar refractivity (Wildman–Crippen MR) is 217 cm³/mol. The Balaban J connectivity index is -0.000000118. The van der Waals surface area contributed by atoms with E-state index in [1.165, 1.54) is 0 Å². The minimum absolute atomic E-state index is 0. The van der Waals surface area contributed by atoms with E-state index in [-0.39, 0.29) is 98.0 Å².